The van der Waals surface area contributed by atoms with Crippen LogP contribution in [0.4, 0.5) is 8.78 Å². The van der Waals surface area contributed by atoms with Crippen molar-refractivity contribution in [2.24, 2.45) is 5.73 Å². The highest BCUT2D eigenvalue weighted by atomic mass is 19.1. The van der Waals surface area contributed by atoms with Crippen molar-refractivity contribution < 1.29 is 8.78 Å². The second-order valence-electron chi connectivity index (χ2n) is 4.15. The van der Waals surface area contributed by atoms with E-state index in [2.05, 4.69) is 9.97 Å². The fourth-order valence-electron chi connectivity index (χ4n) is 1.67. The third-order valence-corrected chi connectivity index (χ3v) is 2.75. The lowest BCUT2D eigenvalue weighted by Crippen LogP contribution is -2.18. The van der Waals surface area contributed by atoms with Crippen LogP contribution in [0.25, 0.3) is 0 Å². The predicted octanol–water partition coefficient (Wildman–Crippen LogP) is 2.42. The Hall–Kier alpha value is -1.88. The van der Waals surface area contributed by atoms with Gasteiger partial charge in [0, 0.05) is 11.8 Å². The van der Waals surface area contributed by atoms with E-state index in [1.807, 2.05) is 0 Å². The Balaban J connectivity index is 2.49. The summed E-state index contributed by atoms with van der Waals surface area (Å²) in [6.45, 7) is 3.34. The first kappa shape index (κ1) is 12.6. The molecule has 0 spiro atoms. The van der Waals surface area contributed by atoms with Crippen LogP contribution in [0, 0.1) is 25.5 Å². The number of benzene rings is 1. The monoisotopic (exact) mass is 249 g/mol. The van der Waals surface area contributed by atoms with Gasteiger partial charge in [0.05, 0.1) is 23.6 Å². The Morgan fingerprint density at radius 1 is 1.11 bits per heavy atom. The summed E-state index contributed by atoms with van der Waals surface area (Å²) in [5.41, 5.74) is 7.09. The molecule has 0 fully saturated rings. The van der Waals surface area contributed by atoms with Gasteiger partial charge < -0.3 is 5.73 Å². The van der Waals surface area contributed by atoms with Crippen LogP contribution in [0.1, 0.15) is 28.6 Å². The van der Waals surface area contributed by atoms with Crippen molar-refractivity contribution >= 4 is 0 Å². The highest BCUT2D eigenvalue weighted by Crippen LogP contribution is 2.25. The molecule has 0 aliphatic heterocycles. The van der Waals surface area contributed by atoms with E-state index in [9.17, 15) is 8.78 Å². The smallest absolute Gasteiger partial charge is 0.134 e. The van der Waals surface area contributed by atoms with Crippen LogP contribution >= 0.6 is 0 Å². The van der Waals surface area contributed by atoms with Gasteiger partial charge in [-0.1, -0.05) is 6.07 Å². The Bertz CT molecular complexity index is 567. The minimum atomic E-state index is -0.960. The second-order valence-corrected chi connectivity index (χ2v) is 4.15. The zero-order valence-electron chi connectivity index (χ0n) is 10.1. The van der Waals surface area contributed by atoms with Crippen LogP contribution in [-0.4, -0.2) is 9.97 Å². The summed E-state index contributed by atoms with van der Waals surface area (Å²) in [5, 5.41) is 0. The highest BCUT2D eigenvalue weighted by molar-refractivity contribution is 5.33. The lowest BCUT2D eigenvalue weighted by atomic mass is 10.0. The molecule has 1 atom stereocenters. The molecule has 5 heteroatoms. The van der Waals surface area contributed by atoms with E-state index in [1.54, 1.807) is 13.8 Å². The molecule has 18 heavy (non-hydrogen) atoms. The SMILES string of the molecule is Cc1cnc(C(N)c2c(F)ccc(C)c2F)cn1. The summed E-state index contributed by atoms with van der Waals surface area (Å²) in [6.07, 6.45) is 2.95. The molecule has 1 heterocycles. The van der Waals surface area contributed by atoms with Crippen LogP contribution < -0.4 is 5.73 Å². The molecular weight excluding hydrogens is 236 g/mol. The van der Waals surface area contributed by atoms with Gasteiger partial charge in [-0.3, -0.25) is 9.97 Å². The molecule has 1 unspecified atom stereocenters. The fourth-order valence-corrected chi connectivity index (χ4v) is 1.67. The lowest BCUT2D eigenvalue weighted by molar-refractivity contribution is 0.535. The number of rotatable bonds is 2. The molecule has 0 bridgehead atoms. The summed E-state index contributed by atoms with van der Waals surface area (Å²) in [7, 11) is 0. The van der Waals surface area contributed by atoms with Crippen LogP contribution in [0.3, 0.4) is 0 Å². The first-order valence-electron chi connectivity index (χ1n) is 5.49. The number of halogens is 2. The van der Waals surface area contributed by atoms with E-state index in [4.69, 9.17) is 5.73 Å². The number of aromatic nitrogens is 2. The molecule has 3 nitrogen and oxygen atoms in total. The summed E-state index contributed by atoms with van der Waals surface area (Å²) in [6, 6.07) is 1.62. The normalized spacial score (nSPS) is 12.5. The molecule has 0 aliphatic rings. The Morgan fingerprint density at radius 2 is 1.83 bits per heavy atom. The van der Waals surface area contributed by atoms with Gasteiger partial charge in [-0.25, -0.2) is 8.78 Å². The average molecular weight is 249 g/mol. The van der Waals surface area contributed by atoms with Crippen molar-refractivity contribution in [3.05, 3.63) is 58.7 Å². The quantitative estimate of drug-likeness (QED) is 0.889. The van der Waals surface area contributed by atoms with Crippen molar-refractivity contribution in [1.29, 1.82) is 0 Å². The third-order valence-electron chi connectivity index (χ3n) is 2.75. The van der Waals surface area contributed by atoms with Gasteiger partial charge in [-0.05, 0) is 25.5 Å². The van der Waals surface area contributed by atoms with Gasteiger partial charge in [0.1, 0.15) is 11.6 Å². The van der Waals surface area contributed by atoms with Crippen LogP contribution in [0.15, 0.2) is 24.5 Å². The van der Waals surface area contributed by atoms with E-state index in [-0.39, 0.29) is 5.56 Å². The van der Waals surface area contributed by atoms with Gasteiger partial charge in [-0.2, -0.15) is 0 Å². The first-order chi connectivity index (χ1) is 8.50. The molecule has 0 aliphatic carbocycles. The highest BCUT2D eigenvalue weighted by Gasteiger charge is 2.21. The summed E-state index contributed by atoms with van der Waals surface area (Å²) < 4.78 is 27.6. The van der Waals surface area contributed by atoms with E-state index >= 15 is 0 Å². The van der Waals surface area contributed by atoms with Gasteiger partial charge in [0.25, 0.3) is 0 Å². The molecule has 1 aromatic carbocycles. The molecule has 94 valence electrons. The van der Waals surface area contributed by atoms with Crippen LogP contribution in [0.2, 0.25) is 0 Å². The fraction of sp³-hybridized carbons (Fsp3) is 0.231. The van der Waals surface area contributed by atoms with Gasteiger partial charge in [0.15, 0.2) is 0 Å². The van der Waals surface area contributed by atoms with Gasteiger partial charge in [-0.15, -0.1) is 0 Å². The maximum Gasteiger partial charge on any atom is 0.134 e. The molecule has 0 radical (unpaired) electrons. The molecule has 0 saturated heterocycles. The summed E-state index contributed by atoms with van der Waals surface area (Å²) >= 11 is 0. The molecule has 1 aromatic heterocycles. The standard InChI is InChI=1S/C13H13F2N3/c1-7-3-4-9(14)11(12(7)15)13(16)10-6-17-8(2)5-18-10/h3-6,13H,16H2,1-2H3. The van der Waals surface area contributed by atoms with Crippen molar-refractivity contribution in [2.75, 3.05) is 0 Å². The Morgan fingerprint density at radius 3 is 2.44 bits per heavy atom. The molecule has 0 amide bonds. The van der Waals surface area contributed by atoms with E-state index < -0.39 is 17.7 Å². The topological polar surface area (TPSA) is 51.8 Å². The summed E-state index contributed by atoms with van der Waals surface area (Å²) in [4.78, 5) is 8.07. The molecule has 0 saturated carbocycles. The zero-order valence-corrected chi connectivity index (χ0v) is 10.1. The van der Waals surface area contributed by atoms with E-state index in [0.717, 1.165) is 5.69 Å². The van der Waals surface area contributed by atoms with Crippen molar-refractivity contribution in [3.63, 3.8) is 0 Å². The first-order valence-corrected chi connectivity index (χ1v) is 5.49. The lowest BCUT2D eigenvalue weighted by Gasteiger charge is -2.14. The van der Waals surface area contributed by atoms with Crippen molar-refractivity contribution in [1.82, 2.24) is 9.97 Å². The van der Waals surface area contributed by atoms with E-state index in [0.29, 0.717) is 11.3 Å². The number of aryl methyl sites for hydroxylation is 2. The molecule has 2 aromatic rings. The van der Waals surface area contributed by atoms with Crippen molar-refractivity contribution in [2.45, 2.75) is 19.9 Å². The van der Waals surface area contributed by atoms with Gasteiger partial charge >= 0.3 is 0 Å². The Labute approximate surface area is 104 Å². The maximum absolute atomic E-state index is 13.9. The third kappa shape index (κ3) is 2.22. The molecule has 2 rings (SSSR count). The van der Waals surface area contributed by atoms with Crippen LogP contribution in [-0.2, 0) is 0 Å². The maximum atomic E-state index is 13.9. The average Bonchev–Trinajstić information content (AvgIpc) is 2.35. The van der Waals surface area contributed by atoms with E-state index in [1.165, 1.54) is 24.5 Å². The second kappa shape index (κ2) is 4.78. The largest absolute Gasteiger partial charge is 0.319 e. The van der Waals surface area contributed by atoms with Crippen LogP contribution in [0.5, 0.6) is 0 Å². The summed E-state index contributed by atoms with van der Waals surface area (Å²) in [5.74, 6) is -1.31. The zero-order chi connectivity index (χ0) is 13.3. The molecular formula is C13H13F2N3. The number of hydrogen-bond acceptors (Lipinski definition) is 3. The molecule has 2 N–H and O–H groups in total. The predicted molar refractivity (Wildman–Crippen MR) is 63.9 cm³/mol. The minimum absolute atomic E-state index is 0.173. The number of nitrogens with two attached hydrogens (primary N) is 1. The van der Waals surface area contributed by atoms with Gasteiger partial charge in [0.2, 0.25) is 0 Å². The number of nitrogens with zero attached hydrogens (tertiary/aromatic N) is 2. The minimum Gasteiger partial charge on any atom is -0.319 e. The number of hydrogen-bond donors (Lipinski definition) is 1. The Kier molecular flexibility index (Phi) is 3.34. The van der Waals surface area contributed by atoms with Crippen molar-refractivity contribution in [3.8, 4) is 0 Å².